The monoisotopic (exact) mass is 185 g/mol. The number of nitrogens with zero attached hydrogens (tertiary/aromatic N) is 1. The summed E-state index contributed by atoms with van der Waals surface area (Å²) in [6, 6.07) is 3.37. The molecular formula is C9H9ClFN. The van der Waals surface area contributed by atoms with E-state index in [1.54, 1.807) is 18.2 Å². The molecule has 0 aliphatic rings. The first-order chi connectivity index (χ1) is 5.84. The summed E-state index contributed by atoms with van der Waals surface area (Å²) in [4.78, 5) is 3.51. The Kier molecular flexibility index (Phi) is 3.74. The third kappa shape index (κ3) is 2.62. The van der Waals surface area contributed by atoms with Crippen molar-refractivity contribution >= 4 is 17.7 Å². The van der Waals surface area contributed by atoms with Crippen LogP contribution in [-0.2, 0) is 0 Å². The van der Waals surface area contributed by atoms with Crippen molar-refractivity contribution in [2.45, 2.75) is 6.42 Å². The van der Waals surface area contributed by atoms with Crippen LogP contribution in [0.4, 0.5) is 4.39 Å². The quantitative estimate of drug-likeness (QED) is 0.521. The molecular weight excluding hydrogens is 177 g/mol. The predicted octanol–water partition coefficient (Wildman–Crippen LogP) is 2.86. The van der Waals surface area contributed by atoms with E-state index in [2.05, 4.69) is 4.98 Å². The number of aromatic nitrogens is 1. The largest absolute Gasteiger partial charge is 0.228 e. The van der Waals surface area contributed by atoms with E-state index in [0.29, 0.717) is 11.4 Å². The van der Waals surface area contributed by atoms with Gasteiger partial charge in [0, 0.05) is 17.6 Å². The van der Waals surface area contributed by atoms with Crippen LogP contribution in [0.3, 0.4) is 0 Å². The lowest BCUT2D eigenvalue weighted by Crippen LogP contribution is -1.84. The lowest BCUT2D eigenvalue weighted by atomic mass is 10.2. The first kappa shape index (κ1) is 9.20. The number of rotatable bonds is 3. The fourth-order valence-electron chi connectivity index (χ4n) is 0.796. The molecule has 1 aromatic rings. The molecule has 1 aromatic heterocycles. The molecule has 0 bridgehead atoms. The van der Waals surface area contributed by atoms with E-state index in [0.717, 1.165) is 6.42 Å². The zero-order valence-electron chi connectivity index (χ0n) is 6.50. The van der Waals surface area contributed by atoms with Gasteiger partial charge in [0.15, 0.2) is 0 Å². The molecule has 1 heterocycles. The maximum absolute atomic E-state index is 12.8. The summed E-state index contributed by atoms with van der Waals surface area (Å²) in [6.45, 7) is 0. The predicted molar refractivity (Wildman–Crippen MR) is 48.6 cm³/mol. The molecule has 0 atom stereocenters. The Morgan fingerprint density at radius 1 is 1.58 bits per heavy atom. The molecule has 0 aliphatic carbocycles. The number of allylic oxidation sites excluding steroid dienone is 1. The molecule has 0 radical (unpaired) electrons. The number of alkyl halides is 1. The van der Waals surface area contributed by atoms with Gasteiger partial charge in [0.2, 0.25) is 5.95 Å². The van der Waals surface area contributed by atoms with Crippen LogP contribution < -0.4 is 0 Å². The van der Waals surface area contributed by atoms with Crippen LogP contribution in [0.5, 0.6) is 0 Å². The van der Waals surface area contributed by atoms with Crippen LogP contribution in [0, 0.1) is 5.95 Å². The lowest BCUT2D eigenvalue weighted by molar-refractivity contribution is 0.581. The fraction of sp³-hybridized carbons (Fsp3) is 0.222. The molecule has 0 saturated carbocycles. The number of hydrogen-bond acceptors (Lipinski definition) is 1. The van der Waals surface area contributed by atoms with Crippen LogP contribution in [0.2, 0.25) is 0 Å². The molecule has 3 heteroatoms. The molecule has 0 saturated heterocycles. The van der Waals surface area contributed by atoms with Gasteiger partial charge in [0.25, 0.3) is 0 Å². The topological polar surface area (TPSA) is 12.9 Å². The van der Waals surface area contributed by atoms with Gasteiger partial charge in [-0.15, -0.1) is 11.6 Å². The summed E-state index contributed by atoms with van der Waals surface area (Å²) < 4.78 is 12.8. The zero-order chi connectivity index (χ0) is 8.81. The van der Waals surface area contributed by atoms with Crippen molar-refractivity contribution in [3.05, 3.63) is 35.9 Å². The number of pyridine rings is 1. The van der Waals surface area contributed by atoms with Crippen molar-refractivity contribution in [3.63, 3.8) is 0 Å². The molecule has 0 N–H and O–H groups in total. The summed E-state index contributed by atoms with van der Waals surface area (Å²) in [6.07, 6.45) is 5.68. The second-order valence-electron chi connectivity index (χ2n) is 2.26. The van der Waals surface area contributed by atoms with E-state index in [1.807, 2.05) is 6.08 Å². The van der Waals surface area contributed by atoms with Crippen molar-refractivity contribution in [3.8, 4) is 0 Å². The Labute approximate surface area is 75.9 Å². The second kappa shape index (κ2) is 4.88. The maximum atomic E-state index is 12.8. The highest BCUT2D eigenvalue weighted by Crippen LogP contribution is 2.05. The minimum Gasteiger partial charge on any atom is -0.228 e. The van der Waals surface area contributed by atoms with E-state index in [-0.39, 0.29) is 0 Å². The summed E-state index contributed by atoms with van der Waals surface area (Å²) >= 11 is 5.45. The van der Waals surface area contributed by atoms with Crippen LogP contribution in [0.25, 0.3) is 6.08 Å². The van der Waals surface area contributed by atoms with Crippen molar-refractivity contribution in [1.82, 2.24) is 4.98 Å². The van der Waals surface area contributed by atoms with Gasteiger partial charge in [-0.1, -0.05) is 12.2 Å². The van der Waals surface area contributed by atoms with Gasteiger partial charge in [-0.3, -0.25) is 0 Å². The highest BCUT2D eigenvalue weighted by molar-refractivity contribution is 6.17. The third-order valence-electron chi connectivity index (χ3n) is 1.36. The zero-order valence-corrected chi connectivity index (χ0v) is 7.26. The molecule has 0 aromatic carbocycles. The van der Waals surface area contributed by atoms with Gasteiger partial charge in [-0.2, -0.15) is 4.39 Å². The summed E-state index contributed by atoms with van der Waals surface area (Å²) in [7, 11) is 0. The summed E-state index contributed by atoms with van der Waals surface area (Å²) in [5.41, 5.74) is 0.502. The molecule has 12 heavy (non-hydrogen) atoms. The Balaban J connectivity index is 2.68. The highest BCUT2D eigenvalue weighted by Gasteiger charge is 1.95. The van der Waals surface area contributed by atoms with Gasteiger partial charge < -0.3 is 0 Å². The summed E-state index contributed by atoms with van der Waals surface area (Å²) in [5, 5.41) is 0. The van der Waals surface area contributed by atoms with Gasteiger partial charge in [-0.25, -0.2) is 4.98 Å². The normalized spacial score (nSPS) is 10.8. The Morgan fingerprint density at radius 3 is 3.08 bits per heavy atom. The second-order valence-corrected chi connectivity index (χ2v) is 2.64. The smallest absolute Gasteiger partial charge is 0.220 e. The maximum Gasteiger partial charge on any atom is 0.220 e. The molecule has 0 unspecified atom stereocenters. The van der Waals surface area contributed by atoms with Crippen LogP contribution >= 0.6 is 11.6 Å². The molecule has 1 rings (SSSR count). The van der Waals surface area contributed by atoms with E-state index in [1.165, 1.54) is 6.20 Å². The third-order valence-corrected chi connectivity index (χ3v) is 1.58. The Hall–Kier alpha value is -0.890. The summed E-state index contributed by atoms with van der Waals surface area (Å²) in [5.74, 6) is 0.113. The number of hydrogen-bond donors (Lipinski definition) is 0. The minimum atomic E-state index is -0.441. The molecule has 0 spiro atoms. The molecule has 0 aliphatic heterocycles. The minimum absolute atomic E-state index is 0.441. The molecule has 1 nitrogen and oxygen atoms in total. The fourth-order valence-corrected chi connectivity index (χ4v) is 0.922. The Morgan fingerprint density at radius 2 is 2.42 bits per heavy atom. The van der Waals surface area contributed by atoms with Crippen molar-refractivity contribution in [2.24, 2.45) is 0 Å². The molecule has 64 valence electrons. The van der Waals surface area contributed by atoms with Gasteiger partial charge in [-0.05, 0) is 18.6 Å². The van der Waals surface area contributed by atoms with E-state index in [9.17, 15) is 4.39 Å². The van der Waals surface area contributed by atoms with Crippen LogP contribution in [0.1, 0.15) is 12.0 Å². The first-order valence-corrected chi connectivity index (χ1v) is 4.21. The molecule has 0 fully saturated rings. The molecule has 0 amide bonds. The van der Waals surface area contributed by atoms with Crippen molar-refractivity contribution < 1.29 is 4.39 Å². The van der Waals surface area contributed by atoms with Crippen molar-refractivity contribution in [1.29, 1.82) is 0 Å². The average Bonchev–Trinajstić information content (AvgIpc) is 2.09. The SMILES string of the molecule is Fc1ncccc1C=CCCCl. The van der Waals surface area contributed by atoms with Crippen LogP contribution in [0.15, 0.2) is 24.4 Å². The van der Waals surface area contributed by atoms with Gasteiger partial charge >= 0.3 is 0 Å². The van der Waals surface area contributed by atoms with E-state index in [4.69, 9.17) is 11.6 Å². The Bertz CT molecular complexity index is 273. The van der Waals surface area contributed by atoms with E-state index >= 15 is 0 Å². The first-order valence-electron chi connectivity index (χ1n) is 3.67. The lowest BCUT2D eigenvalue weighted by Gasteiger charge is -1.92. The number of halogens is 2. The standard InChI is InChI=1S/C9H9ClFN/c10-6-2-1-4-8-5-3-7-12-9(8)11/h1,3-5,7H,2,6H2. The average molecular weight is 186 g/mol. The van der Waals surface area contributed by atoms with Crippen LogP contribution in [-0.4, -0.2) is 10.9 Å². The van der Waals surface area contributed by atoms with Crippen molar-refractivity contribution in [2.75, 3.05) is 5.88 Å². The van der Waals surface area contributed by atoms with Gasteiger partial charge in [0.05, 0.1) is 0 Å². The highest BCUT2D eigenvalue weighted by atomic mass is 35.5. The van der Waals surface area contributed by atoms with E-state index < -0.39 is 5.95 Å². The van der Waals surface area contributed by atoms with Gasteiger partial charge in [0.1, 0.15) is 0 Å².